The largest absolute Gasteiger partial charge is 0.432 e. The van der Waals surface area contributed by atoms with Crippen molar-refractivity contribution in [2.24, 2.45) is 28.6 Å². The zero-order valence-corrected chi connectivity index (χ0v) is 15.1. The molecule has 1 spiro atoms. The van der Waals surface area contributed by atoms with E-state index in [9.17, 15) is 9.90 Å². The Balaban J connectivity index is 1.51. The standard InChI is InChI=1S/C20H30O4/c1-17-8-5-14-12(13(17)6-10-19(17,3)22)4-11-20-16(24-20)23-15(21)7-9-18(14,20)2/h12-14,16,22H,4-11H2,1-3H3/t12?,13?,14?,16?,17-,18+,19+,20?/m0/s1. The Labute approximate surface area is 144 Å². The number of carbonyl (C=O) groups is 1. The number of hydrogen-bond acceptors (Lipinski definition) is 4. The lowest BCUT2D eigenvalue weighted by molar-refractivity contribution is -0.150. The van der Waals surface area contributed by atoms with Crippen LogP contribution in [0.2, 0.25) is 0 Å². The van der Waals surface area contributed by atoms with Gasteiger partial charge in [0.05, 0.1) is 5.60 Å². The zero-order valence-electron chi connectivity index (χ0n) is 15.1. The summed E-state index contributed by atoms with van der Waals surface area (Å²) >= 11 is 0. The normalized spacial score (nSPS) is 61.8. The zero-order chi connectivity index (χ0) is 17.0. The van der Waals surface area contributed by atoms with Crippen molar-refractivity contribution in [1.29, 1.82) is 0 Å². The Hall–Kier alpha value is -0.610. The molecule has 0 amide bonds. The topological polar surface area (TPSA) is 59.1 Å². The van der Waals surface area contributed by atoms with Gasteiger partial charge in [0.2, 0.25) is 6.29 Å². The fourth-order valence-corrected chi connectivity index (χ4v) is 7.50. The minimum atomic E-state index is -0.528. The van der Waals surface area contributed by atoms with Gasteiger partial charge in [-0.3, -0.25) is 4.79 Å². The molecule has 134 valence electrons. The highest BCUT2D eigenvalue weighted by Crippen LogP contribution is 2.72. The van der Waals surface area contributed by atoms with E-state index in [1.807, 2.05) is 0 Å². The molecule has 4 nitrogen and oxygen atoms in total. The summed E-state index contributed by atoms with van der Waals surface area (Å²) in [6, 6.07) is 0. The molecule has 0 aromatic carbocycles. The van der Waals surface area contributed by atoms with E-state index in [1.54, 1.807) is 0 Å². The van der Waals surface area contributed by atoms with Crippen molar-refractivity contribution in [2.45, 2.75) is 89.6 Å². The van der Waals surface area contributed by atoms with E-state index in [1.165, 1.54) is 0 Å². The van der Waals surface area contributed by atoms with Crippen molar-refractivity contribution in [3.05, 3.63) is 0 Å². The Morgan fingerprint density at radius 2 is 1.67 bits per heavy atom. The molecule has 3 aliphatic carbocycles. The quantitative estimate of drug-likeness (QED) is 0.545. The van der Waals surface area contributed by atoms with Crippen molar-refractivity contribution in [2.75, 3.05) is 0 Å². The molecular formula is C20H30O4. The van der Waals surface area contributed by atoms with Gasteiger partial charge in [-0.25, -0.2) is 0 Å². The van der Waals surface area contributed by atoms with Gasteiger partial charge in [-0.2, -0.15) is 0 Å². The fraction of sp³-hybridized carbons (Fsp3) is 0.950. The first-order chi connectivity index (χ1) is 11.2. The highest BCUT2D eigenvalue weighted by atomic mass is 16.8. The summed E-state index contributed by atoms with van der Waals surface area (Å²) in [6.07, 6.45) is 7.62. The number of aliphatic hydroxyl groups is 1. The summed E-state index contributed by atoms with van der Waals surface area (Å²) < 4.78 is 11.6. The predicted molar refractivity (Wildman–Crippen MR) is 87.9 cm³/mol. The highest BCUT2D eigenvalue weighted by Gasteiger charge is 2.76. The highest BCUT2D eigenvalue weighted by molar-refractivity contribution is 5.70. The summed E-state index contributed by atoms with van der Waals surface area (Å²) in [4.78, 5) is 11.9. The van der Waals surface area contributed by atoms with E-state index in [2.05, 4.69) is 20.8 Å². The molecule has 0 aromatic rings. The number of esters is 1. The van der Waals surface area contributed by atoms with Crippen LogP contribution in [0.25, 0.3) is 0 Å². The summed E-state index contributed by atoms with van der Waals surface area (Å²) in [6.45, 7) is 6.74. The molecule has 5 rings (SSSR count). The van der Waals surface area contributed by atoms with E-state index < -0.39 is 5.60 Å². The molecule has 0 bridgehead atoms. The van der Waals surface area contributed by atoms with E-state index in [0.29, 0.717) is 24.2 Å². The number of hydrogen-bond donors (Lipinski definition) is 1. The van der Waals surface area contributed by atoms with Gasteiger partial charge < -0.3 is 14.6 Å². The van der Waals surface area contributed by atoms with Crippen LogP contribution in [-0.4, -0.2) is 28.6 Å². The van der Waals surface area contributed by atoms with Crippen LogP contribution in [0.5, 0.6) is 0 Å². The monoisotopic (exact) mass is 334 g/mol. The predicted octanol–water partition coefficient (Wildman–Crippen LogP) is 3.41. The molecule has 24 heavy (non-hydrogen) atoms. The molecule has 0 radical (unpaired) electrons. The second kappa shape index (κ2) is 4.37. The fourth-order valence-electron chi connectivity index (χ4n) is 7.50. The maximum Gasteiger partial charge on any atom is 0.308 e. The molecule has 2 saturated heterocycles. The van der Waals surface area contributed by atoms with Gasteiger partial charge in [-0.15, -0.1) is 0 Å². The van der Waals surface area contributed by atoms with Crippen molar-refractivity contribution in [3.63, 3.8) is 0 Å². The van der Waals surface area contributed by atoms with Crippen LogP contribution in [0.1, 0.15) is 72.1 Å². The van der Waals surface area contributed by atoms with Gasteiger partial charge in [-0.05, 0) is 75.0 Å². The summed E-state index contributed by atoms with van der Waals surface area (Å²) in [5.41, 5.74) is -0.645. The molecule has 8 atom stereocenters. The molecule has 2 aliphatic heterocycles. The lowest BCUT2D eigenvalue weighted by Crippen LogP contribution is -2.57. The second-order valence-corrected chi connectivity index (χ2v) is 9.93. The number of rotatable bonds is 0. The molecule has 5 aliphatic rings. The smallest absolute Gasteiger partial charge is 0.308 e. The summed E-state index contributed by atoms with van der Waals surface area (Å²) in [7, 11) is 0. The first-order valence-electron chi connectivity index (χ1n) is 9.83. The minimum absolute atomic E-state index is 0.0442. The van der Waals surface area contributed by atoms with Crippen LogP contribution in [0, 0.1) is 28.6 Å². The van der Waals surface area contributed by atoms with Crippen molar-refractivity contribution < 1.29 is 19.4 Å². The van der Waals surface area contributed by atoms with E-state index >= 15 is 0 Å². The van der Waals surface area contributed by atoms with E-state index in [-0.39, 0.29) is 28.7 Å². The molecule has 5 fully saturated rings. The number of epoxide rings is 1. The molecule has 0 aromatic heterocycles. The first kappa shape index (κ1) is 15.6. The second-order valence-electron chi connectivity index (χ2n) is 9.93. The van der Waals surface area contributed by atoms with Gasteiger partial charge in [0, 0.05) is 11.8 Å². The van der Waals surface area contributed by atoms with Gasteiger partial charge in [-0.1, -0.05) is 13.8 Å². The average Bonchev–Trinajstić information content (AvgIpc) is 3.16. The molecule has 4 heteroatoms. The van der Waals surface area contributed by atoms with Crippen LogP contribution in [0.15, 0.2) is 0 Å². The molecule has 5 unspecified atom stereocenters. The number of carbonyl (C=O) groups excluding carboxylic acids is 1. The maximum absolute atomic E-state index is 11.9. The number of ether oxygens (including phenoxy) is 2. The minimum Gasteiger partial charge on any atom is -0.432 e. The van der Waals surface area contributed by atoms with Gasteiger partial charge in [0.25, 0.3) is 0 Å². The Morgan fingerprint density at radius 1 is 0.958 bits per heavy atom. The van der Waals surface area contributed by atoms with Crippen molar-refractivity contribution in [3.8, 4) is 0 Å². The number of fused-ring (bicyclic) bond motifs is 4. The summed E-state index contributed by atoms with van der Waals surface area (Å²) in [5.74, 6) is 1.77. The van der Waals surface area contributed by atoms with Gasteiger partial charge >= 0.3 is 5.97 Å². The average molecular weight is 334 g/mol. The lowest BCUT2D eigenvalue weighted by Gasteiger charge is -2.59. The third kappa shape index (κ3) is 1.61. The third-order valence-electron chi connectivity index (χ3n) is 9.36. The van der Waals surface area contributed by atoms with Crippen molar-refractivity contribution >= 4 is 5.97 Å². The summed E-state index contributed by atoms with van der Waals surface area (Å²) in [5, 5.41) is 11.0. The van der Waals surface area contributed by atoms with Crippen LogP contribution in [0.4, 0.5) is 0 Å². The third-order valence-corrected chi connectivity index (χ3v) is 9.36. The Kier molecular flexibility index (Phi) is 2.85. The SMILES string of the molecule is C[C@]12CCC3C(CCC45OC4OC(=O)CC[C@]35C)C1CC[C@@]2(C)O. The van der Waals surface area contributed by atoms with Crippen LogP contribution in [0.3, 0.4) is 0 Å². The van der Waals surface area contributed by atoms with Crippen LogP contribution >= 0.6 is 0 Å². The molecular weight excluding hydrogens is 304 g/mol. The van der Waals surface area contributed by atoms with Crippen molar-refractivity contribution in [1.82, 2.24) is 0 Å². The van der Waals surface area contributed by atoms with Gasteiger partial charge in [0.1, 0.15) is 5.60 Å². The van der Waals surface area contributed by atoms with Crippen LogP contribution < -0.4 is 0 Å². The van der Waals surface area contributed by atoms with Gasteiger partial charge in [0.15, 0.2) is 0 Å². The Bertz CT molecular complexity index is 600. The first-order valence-corrected chi connectivity index (χ1v) is 9.83. The van der Waals surface area contributed by atoms with E-state index in [4.69, 9.17) is 9.47 Å². The van der Waals surface area contributed by atoms with E-state index in [0.717, 1.165) is 44.9 Å². The maximum atomic E-state index is 11.9. The lowest BCUT2D eigenvalue weighted by atomic mass is 9.46. The van der Waals surface area contributed by atoms with Crippen LogP contribution in [-0.2, 0) is 14.3 Å². The Morgan fingerprint density at radius 3 is 2.46 bits per heavy atom. The molecule has 3 saturated carbocycles. The molecule has 1 N–H and O–H groups in total. The molecule has 2 heterocycles.